The number of nitrogens with zero attached hydrogens (tertiary/aromatic N) is 1. The highest BCUT2D eigenvalue weighted by Crippen LogP contribution is 2.14. The van der Waals surface area contributed by atoms with E-state index in [4.69, 9.17) is 5.11 Å². The molecule has 0 spiro atoms. The number of likely N-dealkylation sites (N-methyl/N-ethyl adjacent to an activating group) is 1. The zero-order valence-electron chi connectivity index (χ0n) is 20.7. The van der Waals surface area contributed by atoms with Crippen molar-refractivity contribution in [3.63, 3.8) is 0 Å². The van der Waals surface area contributed by atoms with E-state index in [1.54, 1.807) is 0 Å². The number of carbonyl (C=O) groups is 1. The fourth-order valence-electron chi connectivity index (χ4n) is 4.32. The van der Waals surface area contributed by atoms with E-state index in [2.05, 4.69) is 21.0 Å². The quantitative estimate of drug-likeness (QED) is 0.137. The first-order valence-corrected chi connectivity index (χ1v) is 13.1. The van der Waals surface area contributed by atoms with Crippen molar-refractivity contribution in [2.24, 2.45) is 0 Å². The molecule has 0 aromatic rings. The largest absolute Gasteiger partial charge is 0.481 e. The van der Waals surface area contributed by atoms with Crippen LogP contribution in [0.25, 0.3) is 0 Å². The molecule has 0 aliphatic carbocycles. The lowest BCUT2D eigenvalue weighted by Crippen LogP contribution is -2.45. The summed E-state index contributed by atoms with van der Waals surface area (Å²) in [7, 11) is 4.47. The summed E-state index contributed by atoms with van der Waals surface area (Å²) < 4.78 is 0.901. The molecule has 4 nitrogen and oxygen atoms in total. The lowest BCUT2D eigenvalue weighted by molar-refractivity contribution is -0.893. The molecule has 180 valence electrons. The monoisotopic (exact) mass is 428 g/mol. The number of aliphatic carboxylic acids is 1. The molecule has 0 rings (SSSR count). The van der Waals surface area contributed by atoms with Gasteiger partial charge < -0.3 is 14.7 Å². The van der Waals surface area contributed by atoms with Crippen LogP contribution >= 0.6 is 0 Å². The molecule has 0 radical (unpaired) electrons. The molecular weight excluding hydrogens is 374 g/mol. The summed E-state index contributed by atoms with van der Waals surface area (Å²) >= 11 is 0. The van der Waals surface area contributed by atoms with E-state index in [0.29, 0.717) is 6.42 Å². The van der Waals surface area contributed by atoms with Crippen molar-refractivity contribution in [3.05, 3.63) is 0 Å². The van der Waals surface area contributed by atoms with E-state index in [1.165, 1.54) is 83.5 Å². The van der Waals surface area contributed by atoms with E-state index >= 15 is 0 Å². The molecule has 0 heterocycles. The van der Waals surface area contributed by atoms with Gasteiger partial charge in [-0.3, -0.25) is 4.79 Å². The van der Waals surface area contributed by atoms with Gasteiger partial charge in [0.25, 0.3) is 0 Å². The van der Waals surface area contributed by atoms with Crippen molar-refractivity contribution in [2.75, 3.05) is 27.2 Å². The normalized spacial score (nSPS) is 12.9. The van der Waals surface area contributed by atoms with Crippen LogP contribution in [0.4, 0.5) is 0 Å². The van der Waals surface area contributed by atoms with Gasteiger partial charge in [-0.05, 0) is 25.7 Å². The maximum atomic E-state index is 10.5. The Morgan fingerprint density at radius 2 is 1.13 bits per heavy atom. The minimum atomic E-state index is -0.680. The van der Waals surface area contributed by atoms with Gasteiger partial charge >= 0.3 is 5.97 Å². The molecule has 1 atom stereocenters. The number of hydrogen-bond acceptors (Lipinski definition) is 2. The zero-order valence-corrected chi connectivity index (χ0v) is 20.7. The summed E-state index contributed by atoms with van der Waals surface area (Å²) in [5.41, 5.74) is 0. The van der Waals surface area contributed by atoms with E-state index in [0.717, 1.165) is 49.7 Å². The van der Waals surface area contributed by atoms with Crippen LogP contribution in [-0.2, 0) is 4.79 Å². The number of hydrogen-bond donors (Lipinski definition) is 2. The molecule has 1 unspecified atom stereocenters. The predicted molar refractivity (Wildman–Crippen MR) is 129 cm³/mol. The molecule has 0 saturated carbocycles. The Bertz CT molecular complexity index is 384. The van der Waals surface area contributed by atoms with Crippen LogP contribution in [0.2, 0.25) is 0 Å². The number of aliphatic hydroxyl groups excluding tert-OH is 1. The Morgan fingerprint density at radius 3 is 1.63 bits per heavy atom. The van der Waals surface area contributed by atoms with Crippen LogP contribution in [0.15, 0.2) is 0 Å². The standard InChI is InChI=1S/C26H53NO3/c1-4-5-6-7-8-9-10-11-12-15-18-21-25(28)24-27(2,3)23-20-17-14-13-16-19-22-26(29)30/h25,28H,4-24H2,1-3H3/p+1. The smallest absolute Gasteiger partial charge is 0.303 e. The number of carboxylic acid groups (broad SMARTS) is 1. The Hall–Kier alpha value is -0.610. The minimum Gasteiger partial charge on any atom is -0.481 e. The fourth-order valence-corrected chi connectivity index (χ4v) is 4.32. The molecule has 4 heteroatoms. The molecule has 0 aliphatic rings. The van der Waals surface area contributed by atoms with E-state index in [9.17, 15) is 9.90 Å². The van der Waals surface area contributed by atoms with Crippen LogP contribution in [0.5, 0.6) is 0 Å². The number of rotatable bonds is 23. The van der Waals surface area contributed by atoms with E-state index in [1.807, 2.05) is 0 Å². The van der Waals surface area contributed by atoms with Crippen LogP contribution in [0, 0.1) is 0 Å². The SMILES string of the molecule is CCCCCCCCCCCCCC(O)C[N+](C)(C)CCCCCCCCC(=O)O. The third-order valence-electron chi connectivity index (χ3n) is 6.25. The van der Waals surface area contributed by atoms with Gasteiger partial charge in [-0.1, -0.05) is 96.8 Å². The third kappa shape index (κ3) is 22.1. The highest BCUT2D eigenvalue weighted by atomic mass is 16.4. The van der Waals surface area contributed by atoms with Crippen molar-refractivity contribution >= 4 is 5.97 Å². The molecule has 0 aromatic heterocycles. The Kier molecular flexibility index (Phi) is 19.9. The lowest BCUT2D eigenvalue weighted by atomic mass is 10.0. The average Bonchev–Trinajstić information content (AvgIpc) is 2.67. The molecule has 0 aromatic carbocycles. The van der Waals surface area contributed by atoms with E-state index in [-0.39, 0.29) is 6.10 Å². The second-order valence-electron chi connectivity index (χ2n) is 10.1. The molecule has 0 fully saturated rings. The number of quaternary nitrogens is 1. The first-order chi connectivity index (χ1) is 14.4. The lowest BCUT2D eigenvalue weighted by Gasteiger charge is -2.32. The van der Waals surface area contributed by atoms with Gasteiger partial charge in [-0.15, -0.1) is 0 Å². The van der Waals surface area contributed by atoms with Crippen molar-refractivity contribution in [1.29, 1.82) is 0 Å². The van der Waals surface area contributed by atoms with Gasteiger partial charge in [0.1, 0.15) is 12.6 Å². The maximum absolute atomic E-state index is 10.5. The first kappa shape index (κ1) is 29.4. The average molecular weight is 429 g/mol. The van der Waals surface area contributed by atoms with Crippen LogP contribution < -0.4 is 0 Å². The summed E-state index contributed by atoms with van der Waals surface area (Å²) in [5, 5.41) is 19.0. The maximum Gasteiger partial charge on any atom is 0.303 e. The van der Waals surface area contributed by atoms with Gasteiger partial charge in [0.05, 0.1) is 20.6 Å². The summed E-state index contributed by atoms with van der Waals surface area (Å²) in [6, 6.07) is 0. The Labute approximate surface area is 188 Å². The Balaban J connectivity index is 3.49. The minimum absolute atomic E-state index is 0.172. The molecule has 0 saturated heterocycles. The van der Waals surface area contributed by atoms with Crippen molar-refractivity contribution in [2.45, 2.75) is 135 Å². The highest BCUT2D eigenvalue weighted by Gasteiger charge is 2.19. The molecule has 30 heavy (non-hydrogen) atoms. The summed E-state index contributed by atoms with van der Waals surface area (Å²) in [6.07, 6.45) is 22.5. The summed E-state index contributed by atoms with van der Waals surface area (Å²) in [4.78, 5) is 10.5. The fraction of sp³-hybridized carbons (Fsp3) is 0.962. The van der Waals surface area contributed by atoms with Crippen molar-refractivity contribution in [3.8, 4) is 0 Å². The van der Waals surface area contributed by atoms with Gasteiger partial charge in [-0.25, -0.2) is 0 Å². The number of unbranched alkanes of at least 4 members (excludes halogenated alkanes) is 15. The van der Waals surface area contributed by atoms with E-state index < -0.39 is 5.97 Å². The number of carboxylic acids is 1. The Morgan fingerprint density at radius 1 is 0.700 bits per heavy atom. The van der Waals surface area contributed by atoms with Crippen molar-refractivity contribution in [1.82, 2.24) is 0 Å². The zero-order chi connectivity index (χ0) is 22.5. The first-order valence-electron chi connectivity index (χ1n) is 13.1. The molecule has 2 N–H and O–H groups in total. The van der Waals surface area contributed by atoms with Gasteiger partial charge in [0, 0.05) is 6.42 Å². The topological polar surface area (TPSA) is 57.5 Å². The molecule has 0 amide bonds. The van der Waals surface area contributed by atoms with Gasteiger partial charge in [0.2, 0.25) is 0 Å². The number of aliphatic hydroxyl groups is 1. The second-order valence-corrected chi connectivity index (χ2v) is 10.1. The second kappa shape index (κ2) is 20.3. The summed E-state index contributed by atoms with van der Waals surface area (Å²) in [6.45, 7) is 4.25. The van der Waals surface area contributed by atoms with Crippen LogP contribution in [0.3, 0.4) is 0 Å². The van der Waals surface area contributed by atoms with Gasteiger partial charge in [-0.2, -0.15) is 0 Å². The van der Waals surface area contributed by atoms with Gasteiger partial charge in [0.15, 0.2) is 0 Å². The van der Waals surface area contributed by atoms with Crippen LogP contribution in [0.1, 0.15) is 129 Å². The van der Waals surface area contributed by atoms with Crippen molar-refractivity contribution < 1.29 is 19.5 Å². The molecule has 0 bridgehead atoms. The summed E-state index contributed by atoms with van der Waals surface area (Å²) in [5.74, 6) is -0.680. The third-order valence-corrected chi connectivity index (χ3v) is 6.25. The highest BCUT2D eigenvalue weighted by molar-refractivity contribution is 5.66. The van der Waals surface area contributed by atoms with Crippen LogP contribution in [-0.4, -0.2) is 54.0 Å². The predicted octanol–water partition coefficient (Wildman–Crippen LogP) is 6.94. The molecule has 0 aliphatic heterocycles. The molecular formula is C26H54NO3+.